The van der Waals surface area contributed by atoms with E-state index < -0.39 is 12.5 Å². The van der Waals surface area contributed by atoms with E-state index in [4.69, 9.17) is 5.26 Å². The molecule has 0 aliphatic rings. The number of alkyl halides is 2. The summed E-state index contributed by atoms with van der Waals surface area (Å²) in [6.07, 6.45) is 2.64. The maximum absolute atomic E-state index is 12.3. The quantitative estimate of drug-likeness (QED) is 0.483. The van der Waals surface area contributed by atoms with Crippen LogP contribution in [0.5, 0.6) is 5.75 Å². The molecule has 0 aliphatic heterocycles. The molecule has 0 saturated carbocycles. The Bertz CT molecular complexity index is 609. The second-order valence-electron chi connectivity index (χ2n) is 3.73. The van der Waals surface area contributed by atoms with Crippen molar-refractivity contribution < 1.29 is 18.3 Å². The van der Waals surface area contributed by atoms with E-state index in [1.165, 1.54) is 30.4 Å². The van der Waals surface area contributed by atoms with Crippen LogP contribution < -0.4 is 10.1 Å². The minimum absolute atomic E-state index is 0.127. The normalized spacial score (nSPS) is 10.9. The summed E-state index contributed by atoms with van der Waals surface area (Å²) in [5.74, 6) is -0.752. The number of rotatable bonds is 6. The second kappa shape index (κ2) is 8.17. The first-order valence-electron chi connectivity index (χ1n) is 5.73. The Labute approximate surface area is 128 Å². The van der Waals surface area contributed by atoms with Crippen molar-refractivity contribution in [3.05, 3.63) is 46.5 Å². The van der Waals surface area contributed by atoms with Crippen molar-refractivity contribution in [1.29, 1.82) is 5.26 Å². The molecule has 1 aromatic rings. The molecular formula is C14H11BrF2N2O2. The van der Waals surface area contributed by atoms with Crippen molar-refractivity contribution in [2.24, 2.45) is 0 Å². The van der Waals surface area contributed by atoms with Gasteiger partial charge in [0.1, 0.15) is 17.4 Å². The van der Waals surface area contributed by atoms with Gasteiger partial charge in [-0.2, -0.15) is 14.0 Å². The molecule has 1 N–H and O–H groups in total. The average Bonchev–Trinajstić information content (AvgIpc) is 2.44. The molecule has 1 aromatic carbocycles. The monoisotopic (exact) mass is 356 g/mol. The fourth-order valence-electron chi connectivity index (χ4n) is 1.40. The molecule has 0 radical (unpaired) electrons. The zero-order valence-corrected chi connectivity index (χ0v) is 12.4. The van der Waals surface area contributed by atoms with Gasteiger partial charge in [-0.05, 0) is 24.3 Å². The Morgan fingerprint density at radius 2 is 2.29 bits per heavy atom. The molecule has 1 amide bonds. The van der Waals surface area contributed by atoms with E-state index in [-0.39, 0.29) is 23.4 Å². The van der Waals surface area contributed by atoms with Gasteiger partial charge in [-0.15, -0.1) is 6.58 Å². The van der Waals surface area contributed by atoms with Gasteiger partial charge >= 0.3 is 6.61 Å². The van der Waals surface area contributed by atoms with Gasteiger partial charge in [-0.25, -0.2) is 0 Å². The predicted octanol–water partition coefficient (Wildman–Crippen LogP) is 3.26. The van der Waals surface area contributed by atoms with Gasteiger partial charge in [0.05, 0.1) is 0 Å². The van der Waals surface area contributed by atoms with Crippen LogP contribution >= 0.6 is 15.9 Å². The molecule has 21 heavy (non-hydrogen) atoms. The molecule has 7 heteroatoms. The molecule has 0 spiro atoms. The number of hydrogen-bond acceptors (Lipinski definition) is 3. The lowest BCUT2D eigenvalue weighted by molar-refractivity contribution is -0.116. The third-order valence-electron chi connectivity index (χ3n) is 2.26. The minimum atomic E-state index is -3.00. The number of nitrogens with zero attached hydrogens (tertiary/aromatic N) is 1. The lowest BCUT2D eigenvalue weighted by Gasteiger charge is -2.09. The molecule has 0 heterocycles. The summed E-state index contributed by atoms with van der Waals surface area (Å²) < 4.78 is 29.6. The first-order valence-corrected chi connectivity index (χ1v) is 6.52. The SMILES string of the molecule is C=CCNC(=O)/C(C#N)=C/c1cc(Br)ccc1OC(F)F. The summed E-state index contributed by atoms with van der Waals surface area (Å²) in [7, 11) is 0. The lowest BCUT2D eigenvalue weighted by atomic mass is 10.1. The number of carbonyl (C=O) groups is 1. The minimum Gasteiger partial charge on any atom is -0.434 e. The van der Waals surface area contributed by atoms with Gasteiger partial charge < -0.3 is 10.1 Å². The number of hydrogen-bond donors (Lipinski definition) is 1. The molecule has 0 saturated heterocycles. The van der Waals surface area contributed by atoms with E-state index in [1.807, 2.05) is 0 Å². The van der Waals surface area contributed by atoms with Crippen LogP contribution in [-0.4, -0.2) is 19.1 Å². The number of nitrogens with one attached hydrogen (secondary N) is 1. The van der Waals surface area contributed by atoms with Gasteiger partial charge in [-0.3, -0.25) is 4.79 Å². The van der Waals surface area contributed by atoms with Gasteiger partial charge in [0, 0.05) is 16.6 Å². The van der Waals surface area contributed by atoms with Crippen LogP contribution in [0.4, 0.5) is 8.78 Å². The molecule has 1 rings (SSSR count). The number of nitriles is 1. The Morgan fingerprint density at radius 3 is 2.86 bits per heavy atom. The van der Waals surface area contributed by atoms with Gasteiger partial charge in [0.2, 0.25) is 0 Å². The summed E-state index contributed by atoms with van der Waals surface area (Å²) in [4.78, 5) is 11.7. The van der Waals surface area contributed by atoms with Crippen LogP contribution in [0.1, 0.15) is 5.56 Å². The van der Waals surface area contributed by atoms with Crippen LogP contribution in [0, 0.1) is 11.3 Å². The maximum Gasteiger partial charge on any atom is 0.387 e. The molecule has 0 aromatic heterocycles. The summed E-state index contributed by atoms with van der Waals surface area (Å²) in [6.45, 7) is 0.623. The fraction of sp³-hybridized carbons (Fsp3) is 0.143. The Balaban J connectivity index is 3.15. The third kappa shape index (κ3) is 5.36. The highest BCUT2D eigenvalue weighted by Crippen LogP contribution is 2.26. The van der Waals surface area contributed by atoms with Crippen molar-refractivity contribution in [3.63, 3.8) is 0 Å². The molecule has 0 bridgehead atoms. The van der Waals surface area contributed by atoms with Crippen molar-refractivity contribution in [3.8, 4) is 11.8 Å². The highest BCUT2D eigenvalue weighted by atomic mass is 79.9. The molecule has 4 nitrogen and oxygen atoms in total. The molecule has 110 valence electrons. The van der Waals surface area contributed by atoms with E-state index in [0.717, 1.165) is 0 Å². The molecule has 0 atom stereocenters. The number of amides is 1. The van der Waals surface area contributed by atoms with Crippen LogP contribution in [0.3, 0.4) is 0 Å². The number of benzene rings is 1. The Hall–Kier alpha value is -2.20. The predicted molar refractivity (Wildman–Crippen MR) is 77.6 cm³/mol. The Kier molecular flexibility index (Phi) is 6.56. The van der Waals surface area contributed by atoms with Crippen LogP contribution in [-0.2, 0) is 4.79 Å². The summed E-state index contributed by atoms with van der Waals surface area (Å²) in [6, 6.07) is 6.01. The van der Waals surface area contributed by atoms with Gasteiger partial charge in [0.15, 0.2) is 0 Å². The van der Waals surface area contributed by atoms with E-state index in [2.05, 4.69) is 32.6 Å². The lowest BCUT2D eigenvalue weighted by Crippen LogP contribution is -2.24. The fourth-order valence-corrected chi connectivity index (χ4v) is 1.78. The van der Waals surface area contributed by atoms with Gasteiger partial charge in [-0.1, -0.05) is 22.0 Å². The van der Waals surface area contributed by atoms with E-state index in [0.29, 0.717) is 4.47 Å². The van der Waals surface area contributed by atoms with Crippen molar-refractivity contribution in [2.75, 3.05) is 6.54 Å². The second-order valence-corrected chi connectivity index (χ2v) is 4.64. The first-order chi connectivity index (χ1) is 9.97. The summed E-state index contributed by atoms with van der Waals surface area (Å²) >= 11 is 3.18. The van der Waals surface area contributed by atoms with Gasteiger partial charge in [0.25, 0.3) is 5.91 Å². The largest absolute Gasteiger partial charge is 0.434 e. The van der Waals surface area contributed by atoms with Crippen LogP contribution in [0.25, 0.3) is 6.08 Å². The Morgan fingerprint density at radius 1 is 1.57 bits per heavy atom. The third-order valence-corrected chi connectivity index (χ3v) is 2.75. The van der Waals surface area contributed by atoms with Crippen LogP contribution in [0.15, 0.2) is 40.9 Å². The van der Waals surface area contributed by atoms with E-state index >= 15 is 0 Å². The number of ether oxygens (including phenoxy) is 1. The van der Waals surface area contributed by atoms with Crippen LogP contribution in [0.2, 0.25) is 0 Å². The molecular weight excluding hydrogens is 346 g/mol. The van der Waals surface area contributed by atoms with Crippen molar-refractivity contribution in [2.45, 2.75) is 6.61 Å². The standard InChI is InChI=1S/C14H11BrF2N2O2/c1-2-5-19-13(20)10(8-18)6-9-7-11(15)3-4-12(9)21-14(16)17/h2-4,6-7,14H,1,5H2,(H,19,20)/b10-6+. The number of carbonyl (C=O) groups excluding carboxylic acids is 1. The summed E-state index contributed by atoms with van der Waals surface area (Å²) in [5, 5.41) is 11.4. The molecule has 0 unspecified atom stereocenters. The first kappa shape index (κ1) is 16.9. The van der Waals surface area contributed by atoms with E-state index in [1.54, 1.807) is 6.07 Å². The zero-order valence-electron chi connectivity index (χ0n) is 10.8. The average molecular weight is 357 g/mol. The van der Waals surface area contributed by atoms with Crippen molar-refractivity contribution in [1.82, 2.24) is 5.32 Å². The van der Waals surface area contributed by atoms with Crippen molar-refractivity contribution >= 4 is 27.9 Å². The maximum atomic E-state index is 12.3. The van der Waals surface area contributed by atoms with E-state index in [9.17, 15) is 13.6 Å². The highest BCUT2D eigenvalue weighted by Gasteiger charge is 2.13. The molecule has 0 aliphatic carbocycles. The highest BCUT2D eigenvalue weighted by molar-refractivity contribution is 9.10. The zero-order chi connectivity index (χ0) is 15.8. The molecule has 0 fully saturated rings. The smallest absolute Gasteiger partial charge is 0.387 e. The summed E-state index contributed by atoms with van der Waals surface area (Å²) in [5.41, 5.74) is -0.0379. The number of halogens is 3. The topological polar surface area (TPSA) is 62.1 Å².